The zero-order valence-corrected chi connectivity index (χ0v) is 26.9. The van der Waals surface area contributed by atoms with Gasteiger partial charge in [0.25, 0.3) is 10.0 Å². The van der Waals surface area contributed by atoms with Crippen molar-refractivity contribution in [3.63, 3.8) is 0 Å². The molecule has 1 atom stereocenters. The van der Waals surface area contributed by atoms with Gasteiger partial charge in [0.05, 0.1) is 17.7 Å². The number of nitrogens with one attached hydrogen (secondary N) is 1. The molecule has 0 saturated heterocycles. The summed E-state index contributed by atoms with van der Waals surface area (Å²) in [6.45, 7) is 4.61. The van der Waals surface area contributed by atoms with Crippen molar-refractivity contribution in [3.05, 3.63) is 126 Å². The van der Waals surface area contributed by atoms with Crippen LogP contribution < -0.4 is 14.4 Å². The SMILES string of the molecule is COc1ccc(S(=O)(=O)N(CC(=O)N(Cc2ccc(F)cc2)[C@@H](Cc2ccccc2)C(=O)NC(C)(C)C)c2ccc(F)cc2)cc1. The van der Waals surface area contributed by atoms with E-state index in [1.54, 1.807) is 0 Å². The van der Waals surface area contributed by atoms with E-state index in [-0.39, 0.29) is 23.5 Å². The molecule has 0 spiro atoms. The summed E-state index contributed by atoms with van der Waals surface area (Å²) < 4.78 is 61.9. The van der Waals surface area contributed by atoms with Crippen molar-refractivity contribution in [2.24, 2.45) is 0 Å². The molecule has 0 aliphatic carbocycles. The van der Waals surface area contributed by atoms with Gasteiger partial charge in [-0.3, -0.25) is 13.9 Å². The fourth-order valence-electron chi connectivity index (χ4n) is 4.80. The van der Waals surface area contributed by atoms with E-state index in [9.17, 15) is 26.8 Å². The van der Waals surface area contributed by atoms with E-state index in [1.165, 1.54) is 72.7 Å². The molecule has 0 bridgehead atoms. The third-order valence-electron chi connectivity index (χ3n) is 7.08. The highest BCUT2D eigenvalue weighted by Crippen LogP contribution is 2.27. The highest BCUT2D eigenvalue weighted by atomic mass is 32.2. The molecule has 0 heterocycles. The lowest BCUT2D eigenvalue weighted by Crippen LogP contribution is -2.56. The summed E-state index contributed by atoms with van der Waals surface area (Å²) in [6, 6.07) is 23.9. The number of methoxy groups -OCH3 is 1. The molecule has 0 radical (unpaired) electrons. The first kappa shape index (κ1) is 34.1. The molecule has 4 aromatic carbocycles. The highest BCUT2D eigenvalue weighted by Gasteiger charge is 2.35. The normalized spacial score (nSPS) is 12.2. The Labute approximate surface area is 268 Å². The number of anilines is 1. The Kier molecular flexibility index (Phi) is 10.8. The van der Waals surface area contributed by atoms with Gasteiger partial charge in [0.2, 0.25) is 11.8 Å². The number of carbonyl (C=O) groups excluding carboxylic acids is 2. The largest absolute Gasteiger partial charge is 0.497 e. The van der Waals surface area contributed by atoms with Crippen LogP contribution in [-0.4, -0.2) is 50.4 Å². The zero-order valence-electron chi connectivity index (χ0n) is 26.1. The van der Waals surface area contributed by atoms with Crippen molar-refractivity contribution < 1.29 is 31.5 Å². The molecular weight excluding hydrogens is 612 g/mol. The molecule has 1 N–H and O–H groups in total. The van der Waals surface area contributed by atoms with Gasteiger partial charge in [-0.15, -0.1) is 0 Å². The van der Waals surface area contributed by atoms with Gasteiger partial charge in [0.1, 0.15) is 30.0 Å². The number of nitrogens with zero attached hydrogens (tertiary/aromatic N) is 2. The molecule has 0 fully saturated rings. The number of halogens is 2. The van der Waals surface area contributed by atoms with Crippen molar-refractivity contribution in [2.45, 2.75) is 50.2 Å². The average Bonchev–Trinajstić information content (AvgIpc) is 3.02. The van der Waals surface area contributed by atoms with Gasteiger partial charge in [-0.2, -0.15) is 0 Å². The first-order valence-corrected chi connectivity index (χ1v) is 16.0. The van der Waals surface area contributed by atoms with Crippen LogP contribution in [0.15, 0.2) is 108 Å². The minimum Gasteiger partial charge on any atom is -0.497 e. The summed E-state index contributed by atoms with van der Waals surface area (Å²) in [5, 5.41) is 2.95. The predicted octanol–water partition coefficient (Wildman–Crippen LogP) is 5.72. The number of carbonyl (C=O) groups is 2. The number of amides is 2. The number of hydrogen-bond donors (Lipinski definition) is 1. The van der Waals surface area contributed by atoms with Gasteiger partial charge < -0.3 is 15.0 Å². The molecule has 2 amide bonds. The molecule has 4 aromatic rings. The van der Waals surface area contributed by atoms with E-state index in [2.05, 4.69) is 5.32 Å². The van der Waals surface area contributed by atoms with Crippen LogP contribution in [0.3, 0.4) is 0 Å². The molecule has 0 unspecified atom stereocenters. The third-order valence-corrected chi connectivity index (χ3v) is 8.86. The summed E-state index contributed by atoms with van der Waals surface area (Å²) in [6.07, 6.45) is 0.122. The van der Waals surface area contributed by atoms with E-state index in [1.807, 2.05) is 51.1 Å². The third kappa shape index (κ3) is 8.91. The quantitative estimate of drug-likeness (QED) is 0.212. The molecule has 0 aliphatic rings. The molecule has 11 heteroatoms. The van der Waals surface area contributed by atoms with Crippen LogP contribution >= 0.6 is 0 Å². The van der Waals surface area contributed by atoms with Crippen LogP contribution in [0, 0.1) is 11.6 Å². The minimum atomic E-state index is -4.37. The monoisotopic (exact) mass is 649 g/mol. The summed E-state index contributed by atoms with van der Waals surface area (Å²) in [5.41, 5.74) is 0.706. The topological polar surface area (TPSA) is 96.0 Å². The first-order valence-electron chi connectivity index (χ1n) is 14.6. The van der Waals surface area contributed by atoms with Gasteiger partial charge >= 0.3 is 0 Å². The lowest BCUT2D eigenvalue weighted by Gasteiger charge is -2.35. The smallest absolute Gasteiger partial charge is 0.264 e. The zero-order chi connectivity index (χ0) is 33.5. The van der Waals surface area contributed by atoms with E-state index >= 15 is 0 Å². The van der Waals surface area contributed by atoms with E-state index < -0.39 is 51.6 Å². The van der Waals surface area contributed by atoms with Gasteiger partial charge in [0.15, 0.2) is 0 Å². The number of hydrogen-bond acceptors (Lipinski definition) is 5. The molecule has 0 aromatic heterocycles. The fraction of sp³-hybridized carbons (Fsp3) is 0.257. The van der Waals surface area contributed by atoms with Crippen molar-refractivity contribution in [1.29, 1.82) is 0 Å². The standard InChI is InChI=1S/C35H37F2N3O5S/c1-35(2,3)38-34(42)32(22-25-8-6-5-7-9-25)39(23-26-10-12-27(36)13-11-26)33(41)24-40(29-16-14-28(37)15-17-29)46(43,44)31-20-18-30(45-4)19-21-31/h5-21,32H,22-24H2,1-4H3,(H,38,42)/t32-/m0/s1. The van der Waals surface area contributed by atoms with Gasteiger partial charge in [-0.25, -0.2) is 17.2 Å². The highest BCUT2D eigenvalue weighted by molar-refractivity contribution is 7.92. The summed E-state index contributed by atoms with van der Waals surface area (Å²) in [5.74, 6) is -1.77. The van der Waals surface area contributed by atoms with Crippen molar-refractivity contribution in [1.82, 2.24) is 10.2 Å². The molecule has 0 aliphatic heterocycles. The molecular formula is C35H37F2N3O5S. The Balaban J connectivity index is 1.81. The van der Waals surface area contributed by atoms with Crippen molar-refractivity contribution >= 4 is 27.5 Å². The Hall–Kier alpha value is -4.77. The second kappa shape index (κ2) is 14.6. The van der Waals surface area contributed by atoms with Crippen LogP contribution in [0.2, 0.25) is 0 Å². The van der Waals surface area contributed by atoms with Crippen LogP contribution in [0.1, 0.15) is 31.9 Å². The fourth-order valence-corrected chi connectivity index (χ4v) is 6.22. The maximum atomic E-state index is 14.4. The summed E-state index contributed by atoms with van der Waals surface area (Å²) in [4.78, 5) is 29.5. The maximum absolute atomic E-state index is 14.4. The van der Waals surface area contributed by atoms with Gasteiger partial charge in [0, 0.05) is 18.5 Å². The number of ether oxygens (including phenoxy) is 1. The Morgan fingerprint density at radius 2 is 1.37 bits per heavy atom. The van der Waals surface area contributed by atoms with Crippen LogP contribution in [0.5, 0.6) is 5.75 Å². The molecule has 0 saturated carbocycles. The number of sulfonamides is 1. The molecule has 4 rings (SSSR count). The maximum Gasteiger partial charge on any atom is 0.264 e. The molecule has 8 nitrogen and oxygen atoms in total. The number of benzene rings is 4. The molecule has 242 valence electrons. The van der Waals surface area contributed by atoms with Crippen LogP contribution in [0.25, 0.3) is 0 Å². The summed E-state index contributed by atoms with van der Waals surface area (Å²) in [7, 11) is -2.93. The van der Waals surface area contributed by atoms with E-state index in [0.717, 1.165) is 22.0 Å². The van der Waals surface area contributed by atoms with E-state index in [4.69, 9.17) is 4.74 Å². The second-order valence-electron chi connectivity index (χ2n) is 11.8. The predicted molar refractivity (Wildman–Crippen MR) is 173 cm³/mol. The van der Waals surface area contributed by atoms with Crippen molar-refractivity contribution in [2.75, 3.05) is 18.0 Å². The van der Waals surface area contributed by atoms with Crippen LogP contribution in [0.4, 0.5) is 14.5 Å². The van der Waals surface area contributed by atoms with Gasteiger partial charge in [-0.1, -0.05) is 42.5 Å². The Morgan fingerprint density at radius 1 is 0.804 bits per heavy atom. The lowest BCUT2D eigenvalue weighted by molar-refractivity contribution is -0.140. The number of rotatable bonds is 12. The van der Waals surface area contributed by atoms with Gasteiger partial charge in [-0.05, 0) is 92.6 Å². The van der Waals surface area contributed by atoms with Crippen LogP contribution in [-0.2, 0) is 32.6 Å². The second-order valence-corrected chi connectivity index (χ2v) is 13.6. The molecule has 46 heavy (non-hydrogen) atoms. The first-order chi connectivity index (χ1) is 21.8. The lowest BCUT2D eigenvalue weighted by atomic mass is 10.0. The van der Waals surface area contributed by atoms with E-state index in [0.29, 0.717) is 11.3 Å². The minimum absolute atomic E-state index is 0.0473. The average molecular weight is 650 g/mol. The summed E-state index contributed by atoms with van der Waals surface area (Å²) >= 11 is 0. The Bertz CT molecular complexity index is 1730. The Morgan fingerprint density at radius 3 is 1.91 bits per heavy atom. The van der Waals surface area contributed by atoms with Crippen molar-refractivity contribution in [3.8, 4) is 5.75 Å².